The first kappa shape index (κ1) is 13.1. The molecule has 18 heavy (non-hydrogen) atoms. The van der Waals surface area contributed by atoms with Gasteiger partial charge in [-0.2, -0.15) is 0 Å². The van der Waals surface area contributed by atoms with Gasteiger partial charge in [-0.1, -0.05) is 26.0 Å². The first-order valence-corrected chi connectivity index (χ1v) is 6.45. The number of anilines is 1. The Morgan fingerprint density at radius 2 is 2.22 bits per heavy atom. The predicted molar refractivity (Wildman–Crippen MR) is 73.3 cm³/mol. The number of nitrogens with one attached hydrogen (secondary N) is 2. The number of nitrogens with two attached hydrogens (primary N) is 1. The largest absolute Gasteiger partial charge is 0.329 e. The van der Waals surface area contributed by atoms with E-state index in [0.717, 1.165) is 17.8 Å². The number of carbonyl (C=O) groups is 1. The van der Waals surface area contributed by atoms with Gasteiger partial charge < -0.3 is 16.4 Å². The first-order chi connectivity index (χ1) is 8.60. The summed E-state index contributed by atoms with van der Waals surface area (Å²) in [5.41, 5.74) is 8.97. The topological polar surface area (TPSA) is 67.1 Å². The highest BCUT2D eigenvalue weighted by Crippen LogP contribution is 2.23. The first-order valence-electron chi connectivity index (χ1n) is 6.45. The minimum absolute atomic E-state index is 0.0807. The average molecular weight is 247 g/mol. The van der Waals surface area contributed by atoms with Crippen LogP contribution in [-0.2, 0) is 17.8 Å². The van der Waals surface area contributed by atoms with Crippen LogP contribution in [0.4, 0.5) is 5.69 Å². The van der Waals surface area contributed by atoms with Gasteiger partial charge in [0, 0.05) is 24.8 Å². The molecule has 1 aliphatic rings. The van der Waals surface area contributed by atoms with Crippen LogP contribution in [0.3, 0.4) is 0 Å². The van der Waals surface area contributed by atoms with E-state index in [2.05, 4.69) is 30.5 Å². The standard InChI is InChI=1S/C14H21N3O/c1-9(2)13(7-15)16-8-10-3-4-12-11(5-10)6-14(18)17-12/h3-5,9,13,16H,6-8,15H2,1-2H3,(H,17,18). The van der Waals surface area contributed by atoms with Gasteiger partial charge in [0.1, 0.15) is 0 Å². The van der Waals surface area contributed by atoms with E-state index in [1.54, 1.807) is 0 Å². The van der Waals surface area contributed by atoms with Crippen LogP contribution in [0.15, 0.2) is 18.2 Å². The molecule has 1 amide bonds. The maximum absolute atomic E-state index is 11.3. The van der Waals surface area contributed by atoms with Crippen molar-refractivity contribution in [3.05, 3.63) is 29.3 Å². The number of carbonyl (C=O) groups excluding carboxylic acids is 1. The summed E-state index contributed by atoms with van der Waals surface area (Å²) >= 11 is 0. The lowest BCUT2D eigenvalue weighted by Crippen LogP contribution is -2.39. The number of hydrogen-bond acceptors (Lipinski definition) is 3. The summed E-state index contributed by atoms with van der Waals surface area (Å²) in [4.78, 5) is 11.3. The van der Waals surface area contributed by atoms with Crippen LogP contribution in [0.25, 0.3) is 0 Å². The fourth-order valence-corrected chi connectivity index (χ4v) is 2.23. The number of rotatable bonds is 5. The lowest BCUT2D eigenvalue weighted by atomic mass is 10.0. The molecule has 1 unspecified atom stereocenters. The van der Waals surface area contributed by atoms with Gasteiger partial charge in [0.15, 0.2) is 0 Å². The molecular formula is C14H21N3O. The minimum Gasteiger partial charge on any atom is -0.329 e. The Hall–Kier alpha value is -1.39. The van der Waals surface area contributed by atoms with Gasteiger partial charge in [0.25, 0.3) is 0 Å². The van der Waals surface area contributed by atoms with E-state index in [1.807, 2.05) is 12.1 Å². The van der Waals surface area contributed by atoms with Crippen molar-refractivity contribution in [3.63, 3.8) is 0 Å². The Bertz CT molecular complexity index is 443. The van der Waals surface area contributed by atoms with Crippen molar-refractivity contribution in [1.82, 2.24) is 5.32 Å². The van der Waals surface area contributed by atoms with Gasteiger partial charge in [0.2, 0.25) is 5.91 Å². The van der Waals surface area contributed by atoms with Crippen molar-refractivity contribution in [2.75, 3.05) is 11.9 Å². The Balaban J connectivity index is 1.99. The SMILES string of the molecule is CC(C)C(CN)NCc1ccc2c(c1)CC(=O)N2. The maximum atomic E-state index is 11.3. The highest BCUT2D eigenvalue weighted by Gasteiger charge is 2.17. The molecule has 0 fully saturated rings. The average Bonchev–Trinajstić information content (AvgIpc) is 2.68. The lowest BCUT2D eigenvalue weighted by molar-refractivity contribution is -0.115. The normalized spacial score (nSPS) is 15.7. The quantitative estimate of drug-likeness (QED) is 0.733. The lowest BCUT2D eigenvalue weighted by Gasteiger charge is -2.20. The molecule has 2 rings (SSSR count). The second kappa shape index (κ2) is 5.50. The molecule has 0 spiro atoms. The van der Waals surface area contributed by atoms with Crippen molar-refractivity contribution in [2.24, 2.45) is 11.7 Å². The molecule has 4 heteroatoms. The summed E-state index contributed by atoms with van der Waals surface area (Å²) in [5.74, 6) is 0.602. The molecule has 0 aromatic heterocycles. The summed E-state index contributed by atoms with van der Waals surface area (Å²) in [6, 6.07) is 6.45. The van der Waals surface area contributed by atoms with Gasteiger partial charge >= 0.3 is 0 Å². The van der Waals surface area contributed by atoms with Gasteiger partial charge in [-0.25, -0.2) is 0 Å². The van der Waals surface area contributed by atoms with E-state index in [-0.39, 0.29) is 5.91 Å². The number of fused-ring (bicyclic) bond motifs is 1. The summed E-state index contributed by atoms with van der Waals surface area (Å²) in [6.45, 7) is 5.76. The molecule has 4 N–H and O–H groups in total. The molecule has 4 nitrogen and oxygen atoms in total. The van der Waals surface area contributed by atoms with Gasteiger partial charge in [-0.15, -0.1) is 0 Å². The summed E-state index contributed by atoms with van der Waals surface area (Å²) in [6.07, 6.45) is 0.494. The summed E-state index contributed by atoms with van der Waals surface area (Å²) in [5, 5.41) is 6.30. The predicted octanol–water partition coefficient (Wildman–Crippen LogP) is 1.25. The molecule has 0 saturated heterocycles. The molecule has 1 aromatic rings. The van der Waals surface area contributed by atoms with E-state index < -0.39 is 0 Å². The Kier molecular flexibility index (Phi) is 3.99. The highest BCUT2D eigenvalue weighted by molar-refractivity contribution is 5.99. The van der Waals surface area contributed by atoms with E-state index in [0.29, 0.717) is 24.9 Å². The van der Waals surface area contributed by atoms with Crippen LogP contribution in [-0.4, -0.2) is 18.5 Å². The third-order valence-electron chi connectivity index (χ3n) is 3.42. The molecule has 1 aromatic carbocycles. The van der Waals surface area contributed by atoms with Gasteiger partial charge in [0.05, 0.1) is 6.42 Å². The van der Waals surface area contributed by atoms with Crippen molar-refractivity contribution >= 4 is 11.6 Å². The third-order valence-corrected chi connectivity index (χ3v) is 3.42. The van der Waals surface area contributed by atoms with Crippen molar-refractivity contribution in [3.8, 4) is 0 Å². The zero-order valence-electron chi connectivity index (χ0n) is 11.0. The molecule has 1 aliphatic heterocycles. The Labute approximate surface area is 108 Å². The Morgan fingerprint density at radius 3 is 2.89 bits per heavy atom. The van der Waals surface area contributed by atoms with Gasteiger partial charge in [-0.3, -0.25) is 4.79 Å². The molecule has 0 bridgehead atoms. The van der Waals surface area contributed by atoms with Crippen molar-refractivity contribution < 1.29 is 4.79 Å². The molecule has 1 atom stereocenters. The Morgan fingerprint density at radius 1 is 1.44 bits per heavy atom. The minimum atomic E-state index is 0.0807. The van der Waals surface area contributed by atoms with Crippen LogP contribution in [0, 0.1) is 5.92 Å². The summed E-state index contributed by atoms with van der Waals surface area (Å²) < 4.78 is 0. The van der Waals surface area contributed by atoms with E-state index in [9.17, 15) is 4.79 Å². The molecule has 0 aliphatic carbocycles. The second-order valence-corrected chi connectivity index (χ2v) is 5.18. The molecular weight excluding hydrogens is 226 g/mol. The van der Waals surface area contributed by atoms with Crippen LogP contribution in [0.1, 0.15) is 25.0 Å². The monoisotopic (exact) mass is 247 g/mol. The van der Waals surface area contributed by atoms with Crippen LogP contribution >= 0.6 is 0 Å². The molecule has 0 saturated carbocycles. The summed E-state index contributed by atoms with van der Waals surface area (Å²) in [7, 11) is 0. The smallest absolute Gasteiger partial charge is 0.228 e. The van der Waals surface area contributed by atoms with Gasteiger partial charge in [-0.05, 0) is 23.1 Å². The molecule has 0 radical (unpaired) electrons. The van der Waals surface area contributed by atoms with Crippen molar-refractivity contribution in [1.29, 1.82) is 0 Å². The van der Waals surface area contributed by atoms with Crippen LogP contribution in [0.2, 0.25) is 0 Å². The second-order valence-electron chi connectivity index (χ2n) is 5.18. The maximum Gasteiger partial charge on any atom is 0.228 e. The van der Waals surface area contributed by atoms with E-state index in [1.165, 1.54) is 5.56 Å². The number of benzene rings is 1. The van der Waals surface area contributed by atoms with Crippen LogP contribution in [0.5, 0.6) is 0 Å². The third kappa shape index (κ3) is 2.89. The fraction of sp³-hybridized carbons (Fsp3) is 0.500. The van der Waals surface area contributed by atoms with E-state index in [4.69, 9.17) is 5.73 Å². The molecule has 98 valence electrons. The highest BCUT2D eigenvalue weighted by atomic mass is 16.1. The molecule has 1 heterocycles. The fourth-order valence-electron chi connectivity index (χ4n) is 2.23. The zero-order valence-corrected chi connectivity index (χ0v) is 11.0. The number of hydrogen-bond donors (Lipinski definition) is 3. The number of amides is 1. The van der Waals surface area contributed by atoms with E-state index >= 15 is 0 Å². The van der Waals surface area contributed by atoms with Crippen LogP contribution < -0.4 is 16.4 Å². The van der Waals surface area contributed by atoms with Crippen molar-refractivity contribution in [2.45, 2.75) is 32.9 Å². The zero-order chi connectivity index (χ0) is 13.1.